The molecule has 0 aliphatic rings. The minimum absolute atomic E-state index is 0.0169. The van der Waals surface area contributed by atoms with Gasteiger partial charge >= 0.3 is 0 Å². The Morgan fingerprint density at radius 1 is 1.35 bits per heavy atom. The average molecular weight is 236 g/mol. The molecule has 0 unspecified atom stereocenters. The molecule has 94 valence electrons. The van der Waals surface area contributed by atoms with Crippen LogP contribution < -0.4 is 0 Å². The first-order chi connectivity index (χ1) is 7.88. The molecule has 0 fully saturated rings. The molecule has 0 aliphatic carbocycles. The highest BCUT2D eigenvalue weighted by molar-refractivity contribution is 5.77. The van der Waals surface area contributed by atoms with Crippen LogP contribution in [-0.4, -0.2) is 35.0 Å². The van der Waals surface area contributed by atoms with Gasteiger partial charge in [0.25, 0.3) is 0 Å². The molecule has 1 aromatic rings. The number of aromatic nitrogens is 1. The fraction of sp³-hybridized carbons (Fsp3) is 0.538. The third-order valence-electron chi connectivity index (χ3n) is 2.22. The van der Waals surface area contributed by atoms with E-state index in [0.29, 0.717) is 6.54 Å². The van der Waals surface area contributed by atoms with Crippen molar-refractivity contribution >= 4 is 5.91 Å². The van der Waals surface area contributed by atoms with Crippen molar-refractivity contribution in [1.82, 2.24) is 9.88 Å². The SMILES string of the molecule is CN(Cc1ccncc1)C(=O)COC(C)(C)C. The molecule has 0 aromatic carbocycles. The fourth-order valence-electron chi connectivity index (χ4n) is 1.24. The van der Waals surface area contributed by atoms with Crippen molar-refractivity contribution < 1.29 is 9.53 Å². The van der Waals surface area contributed by atoms with Gasteiger partial charge in [0.1, 0.15) is 6.61 Å². The Hall–Kier alpha value is -1.42. The zero-order valence-corrected chi connectivity index (χ0v) is 10.9. The number of amides is 1. The topological polar surface area (TPSA) is 42.4 Å². The van der Waals surface area contributed by atoms with E-state index in [1.54, 1.807) is 24.3 Å². The van der Waals surface area contributed by atoms with Crippen LogP contribution in [0, 0.1) is 0 Å². The van der Waals surface area contributed by atoms with E-state index in [9.17, 15) is 4.79 Å². The maximum Gasteiger partial charge on any atom is 0.248 e. The van der Waals surface area contributed by atoms with Crippen LogP contribution in [0.3, 0.4) is 0 Å². The van der Waals surface area contributed by atoms with Crippen LogP contribution in [0.1, 0.15) is 26.3 Å². The molecular formula is C13H20N2O2. The molecule has 0 N–H and O–H groups in total. The van der Waals surface area contributed by atoms with Crippen molar-refractivity contribution in [3.8, 4) is 0 Å². The maximum atomic E-state index is 11.8. The molecule has 1 aromatic heterocycles. The number of nitrogens with zero attached hydrogens (tertiary/aromatic N) is 2. The van der Waals surface area contributed by atoms with Crippen LogP contribution in [0.15, 0.2) is 24.5 Å². The van der Waals surface area contributed by atoms with E-state index in [-0.39, 0.29) is 18.1 Å². The van der Waals surface area contributed by atoms with Crippen molar-refractivity contribution in [2.45, 2.75) is 32.9 Å². The van der Waals surface area contributed by atoms with Gasteiger partial charge in [0.05, 0.1) is 5.60 Å². The second-order valence-electron chi connectivity index (χ2n) is 5.01. The Kier molecular flexibility index (Phi) is 4.63. The van der Waals surface area contributed by atoms with Crippen molar-refractivity contribution in [3.05, 3.63) is 30.1 Å². The maximum absolute atomic E-state index is 11.8. The highest BCUT2D eigenvalue weighted by atomic mass is 16.5. The second-order valence-corrected chi connectivity index (χ2v) is 5.01. The molecule has 1 rings (SSSR count). The summed E-state index contributed by atoms with van der Waals surface area (Å²) in [6.45, 7) is 6.50. The van der Waals surface area contributed by atoms with Crippen LogP contribution >= 0.6 is 0 Å². The molecule has 0 saturated carbocycles. The van der Waals surface area contributed by atoms with Gasteiger partial charge in [-0.25, -0.2) is 0 Å². The van der Waals surface area contributed by atoms with Crippen LogP contribution in [-0.2, 0) is 16.1 Å². The minimum atomic E-state index is -0.285. The third kappa shape index (κ3) is 5.45. The first-order valence-electron chi connectivity index (χ1n) is 5.65. The quantitative estimate of drug-likeness (QED) is 0.801. The second kappa shape index (κ2) is 5.77. The molecule has 0 atom stereocenters. The van der Waals surface area contributed by atoms with Gasteiger partial charge in [-0.15, -0.1) is 0 Å². The summed E-state index contributed by atoms with van der Waals surface area (Å²) in [5.41, 5.74) is 0.777. The number of ether oxygens (including phenoxy) is 1. The lowest BCUT2D eigenvalue weighted by atomic mass is 10.2. The number of likely N-dealkylation sites (N-methyl/N-ethyl adjacent to an activating group) is 1. The first-order valence-corrected chi connectivity index (χ1v) is 5.65. The van der Waals surface area contributed by atoms with Gasteiger partial charge in [0.15, 0.2) is 0 Å². The molecule has 0 saturated heterocycles. The van der Waals surface area contributed by atoms with Crippen molar-refractivity contribution in [1.29, 1.82) is 0 Å². The summed E-state index contributed by atoms with van der Waals surface area (Å²) in [6.07, 6.45) is 3.44. The third-order valence-corrected chi connectivity index (χ3v) is 2.22. The highest BCUT2D eigenvalue weighted by Crippen LogP contribution is 2.07. The van der Waals surface area contributed by atoms with E-state index in [1.165, 1.54) is 0 Å². The number of carbonyl (C=O) groups is 1. The lowest BCUT2D eigenvalue weighted by Crippen LogP contribution is -2.33. The molecule has 4 heteroatoms. The van der Waals surface area contributed by atoms with Crippen LogP contribution in [0.4, 0.5) is 0 Å². The van der Waals surface area contributed by atoms with Crippen molar-refractivity contribution in [3.63, 3.8) is 0 Å². The van der Waals surface area contributed by atoms with Gasteiger partial charge in [0, 0.05) is 26.0 Å². The number of carbonyl (C=O) groups excluding carboxylic acids is 1. The van der Waals surface area contributed by atoms with E-state index in [0.717, 1.165) is 5.56 Å². The molecule has 1 heterocycles. The average Bonchev–Trinajstić information content (AvgIpc) is 2.26. The summed E-state index contributed by atoms with van der Waals surface area (Å²) in [5.74, 6) is -0.0169. The number of pyridine rings is 1. The van der Waals surface area contributed by atoms with Gasteiger partial charge in [-0.2, -0.15) is 0 Å². The van der Waals surface area contributed by atoms with Gasteiger partial charge in [-0.1, -0.05) is 0 Å². The zero-order chi connectivity index (χ0) is 12.9. The molecule has 0 aliphatic heterocycles. The Balaban J connectivity index is 2.43. The first kappa shape index (κ1) is 13.6. The predicted octanol–water partition coefficient (Wildman–Crippen LogP) is 1.86. The van der Waals surface area contributed by atoms with E-state index in [2.05, 4.69) is 4.98 Å². The molecule has 17 heavy (non-hydrogen) atoms. The summed E-state index contributed by atoms with van der Waals surface area (Å²) >= 11 is 0. The Bertz CT molecular complexity index is 357. The molecule has 1 amide bonds. The lowest BCUT2D eigenvalue weighted by molar-refractivity contribution is -0.140. The summed E-state index contributed by atoms with van der Waals surface area (Å²) in [7, 11) is 1.77. The Labute approximate surface area is 103 Å². The smallest absolute Gasteiger partial charge is 0.248 e. The standard InChI is InChI=1S/C13H20N2O2/c1-13(2,3)17-10-12(16)15(4)9-11-5-7-14-8-6-11/h5-8H,9-10H2,1-4H3. The lowest BCUT2D eigenvalue weighted by Gasteiger charge is -2.22. The Morgan fingerprint density at radius 2 is 1.94 bits per heavy atom. The summed E-state index contributed by atoms with van der Waals surface area (Å²) in [5, 5.41) is 0. The number of rotatable bonds is 4. The van der Waals surface area contributed by atoms with E-state index < -0.39 is 0 Å². The van der Waals surface area contributed by atoms with Gasteiger partial charge in [-0.3, -0.25) is 9.78 Å². The van der Waals surface area contributed by atoms with Gasteiger partial charge in [0.2, 0.25) is 5.91 Å². The summed E-state index contributed by atoms with van der Waals surface area (Å²) in [4.78, 5) is 17.4. The normalized spacial score (nSPS) is 11.3. The predicted molar refractivity (Wildman–Crippen MR) is 66.4 cm³/mol. The molecule has 0 spiro atoms. The molecular weight excluding hydrogens is 216 g/mol. The van der Waals surface area contributed by atoms with Crippen LogP contribution in [0.25, 0.3) is 0 Å². The van der Waals surface area contributed by atoms with Gasteiger partial charge < -0.3 is 9.64 Å². The van der Waals surface area contributed by atoms with Crippen LogP contribution in [0.5, 0.6) is 0 Å². The highest BCUT2D eigenvalue weighted by Gasteiger charge is 2.15. The summed E-state index contributed by atoms with van der Waals surface area (Å²) in [6, 6.07) is 3.79. The van der Waals surface area contributed by atoms with E-state index >= 15 is 0 Å². The molecule has 4 nitrogen and oxygen atoms in total. The Morgan fingerprint density at radius 3 is 2.47 bits per heavy atom. The van der Waals surface area contributed by atoms with Crippen LogP contribution in [0.2, 0.25) is 0 Å². The number of hydrogen-bond donors (Lipinski definition) is 0. The molecule has 0 radical (unpaired) electrons. The zero-order valence-electron chi connectivity index (χ0n) is 10.9. The van der Waals surface area contributed by atoms with Gasteiger partial charge in [-0.05, 0) is 38.5 Å². The minimum Gasteiger partial charge on any atom is -0.366 e. The van der Waals surface area contributed by atoms with Crippen molar-refractivity contribution in [2.24, 2.45) is 0 Å². The number of hydrogen-bond acceptors (Lipinski definition) is 3. The summed E-state index contributed by atoms with van der Waals surface area (Å²) < 4.78 is 5.45. The van der Waals surface area contributed by atoms with E-state index in [4.69, 9.17) is 4.74 Å². The van der Waals surface area contributed by atoms with E-state index in [1.807, 2.05) is 32.9 Å². The largest absolute Gasteiger partial charge is 0.366 e. The fourth-order valence-corrected chi connectivity index (χ4v) is 1.24. The monoisotopic (exact) mass is 236 g/mol. The van der Waals surface area contributed by atoms with Crippen molar-refractivity contribution in [2.75, 3.05) is 13.7 Å². The molecule has 0 bridgehead atoms.